The SMILES string of the molecule is C[C@@H]1CC(=O)[C@@H](N(C)C(=O)[C@H](CCCCN)CC(=O)c2ccc(-c3ccc(Cl)cc3)cc2)c2ccc(O)c(c2)-c2cc(ccc2O)C[C@@H](C(=O)O)NC1=O. The van der Waals surface area contributed by atoms with E-state index in [1.54, 1.807) is 24.3 Å². The molecule has 4 aromatic rings. The zero-order chi connectivity index (χ0) is 39.1. The summed E-state index contributed by atoms with van der Waals surface area (Å²) in [5, 5.41) is 34.8. The molecule has 5 rings (SSSR count). The van der Waals surface area contributed by atoms with Gasteiger partial charge in [0.1, 0.15) is 23.6 Å². The third-order valence-corrected chi connectivity index (χ3v) is 10.2. The van der Waals surface area contributed by atoms with Crippen molar-refractivity contribution in [1.82, 2.24) is 10.2 Å². The lowest BCUT2D eigenvalue weighted by Crippen LogP contribution is -2.45. The van der Waals surface area contributed by atoms with Crippen LogP contribution in [-0.2, 0) is 25.6 Å². The Kier molecular flexibility index (Phi) is 12.9. The van der Waals surface area contributed by atoms with E-state index in [2.05, 4.69) is 5.32 Å². The molecule has 4 bridgehead atoms. The van der Waals surface area contributed by atoms with Gasteiger partial charge in [-0.2, -0.15) is 0 Å². The van der Waals surface area contributed by atoms with Crippen molar-refractivity contribution in [2.45, 2.75) is 57.5 Å². The van der Waals surface area contributed by atoms with E-state index in [-0.39, 0.29) is 47.7 Å². The van der Waals surface area contributed by atoms with Crippen molar-refractivity contribution in [2.24, 2.45) is 17.6 Å². The molecule has 0 spiro atoms. The van der Waals surface area contributed by atoms with Gasteiger partial charge < -0.3 is 31.3 Å². The number of carboxylic acids is 1. The first-order chi connectivity index (χ1) is 25.8. The van der Waals surface area contributed by atoms with Crippen LogP contribution in [0.2, 0.25) is 5.02 Å². The van der Waals surface area contributed by atoms with E-state index in [4.69, 9.17) is 17.3 Å². The van der Waals surface area contributed by atoms with Crippen LogP contribution in [0, 0.1) is 11.8 Å². The summed E-state index contributed by atoms with van der Waals surface area (Å²) in [6.45, 7) is 1.90. The van der Waals surface area contributed by atoms with Gasteiger partial charge in [-0.05, 0) is 78.0 Å². The summed E-state index contributed by atoms with van der Waals surface area (Å²) in [7, 11) is 1.46. The van der Waals surface area contributed by atoms with Crippen molar-refractivity contribution in [3.05, 3.63) is 107 Å². The van der Waals surface area contributed by atoms with E-state index in [9.17, 15) is 39.3 Å². The topological polar surface area (TPSA) is 187 Å². The minimum absolute atomic E-state index is 0.119. The third-order valence-electron chi connectivity index (χ3n) is 9.91. The number of fused-ring (bicyclic) bond motifs is 5. The number of carbonyl (C=O) groups is 5. The number of nitrogens with one attached hydrogen (secondary N) is 1. The maximum Gasteiger partial charge on any atom is 0.326 e. The Morgan fingerprint density at radius 1 is 0.870 bits per heavy atom. The van der Waals surface area contributed by atoms with Gasteiger partial charge in [0.25, 0.3) is 0 Å². The molecule has 12 heteroatoms. The van der Waals surface area contributed by atoms with E-state index in [0.717, 1.165) is 11.1 Å². The van der Waals surface area contributed by atoms with Crippen molar-refractivity contribution in [3.63, 3.8) is 0 Å². The fraction of sp³-hybridized carbons (Fsp3) is 0.310. The molecule has 0 radical (unpaired) electrons. The second-order valence-corrected chi connectivity index (χ2v) is 14.3. The highest BCUT2D eigenvalue weighted by Crippen LogP contribution is 2.39. The van der Waals surface area contributed by atoms with Crippen LogP contribution in [0.5, 0.6) is 11.5 Å². The highest BCUT2D eigenvalue weighted by atomic mass is 35.5. The van der Waals surface area contributed by atoms with Gasteiger partial charge in [-0.15, -0.1) is 0 Å². The van der Waals surface area contributed by atoms with Crippen LogP contribution in [0.25, 0.3) is 22.3 Å². The number of benzene rings is 4. The van der Waals surface area contributed by atoms with Crippen molar-refractivity contribution in [1.29, 1.82) is 0 Å². The van der Waals surface area contributed by atoms with Gasteiger partial charge in [0.2, 0.25) is 11.8 Å². The van der Waals surface area contributed by atoms with Gasteiger partial charge in [0.15, 0.2) is 11.6 Å². The van der Waals surface area contributed by atoms with E-state index >= 15 is 0 Å². The van der Waals surface area contributed by atoms with Crippen LogP contribution in [0.4, 0.5) is 0 Å². The second-order valence-electron chi connectivity index (χ2n) is 13.8. The number of phenolic OH excluding ortho intramolecular Hbond substituents is 2. The normalized spacial score (nSPS) is 17.9. The number of phenols is 2. The Morgan fingerprint density at radius 3 is 2.11 bits per heavy atom. The molecule has 0 saturated heterocycles. The molecule has 0 unspecified atom stereocenters. The smallest absolute Gasteiger partial charge is 0.326 e. The number of ketones is 2. The molecule has 1 aliphatic heterocycles. The summed E-state index contributed by atoms with van der Waals surface area (Å²) in [4.78, 5) is 69.1. The number of rotatable bonds is 11. The molecule has 0 aliphatic carbocycles. The van der Waals surface area contributed by atoms with Crippen molar-refractivity contribution >= 4 is 41.0 Å². The molecule has 2 amide bonds. The Bertz CT molecular complexity index is 2030. The van der Waals surface area contributed by atoms with Crippen LogP contribution < -0.4 is 11.1 Å². The zero-order valence-corrected chi connectivity index (χ0v) is 30.9. The van der Waals surface area contributed by atoms with Gasteiger partial charge in [-0.25, -0.2) is 4.79 Å². The number of nitrogens with zero attached hydrogens (tertiary/aromatic N) is 1. The summed E-state index contributed by atoms with van der Waals surface area (Å²) < 4.78 is 0. The van der Waals surface area contributed by atoms with E-state index in [0.29, 0.717) is 47.5 Å². The van der Waals surface area contributed by atoms with E-state index < -0.39 is 47.5 Å². The highest BCUT2D eigenvalue weighted by Gasteiger charge is 2.36. The summed E-state index contributed by atoms with van der Waals surface area (Å²) in [6, 6.07) is 20.6. The molecule has 0 aromatic heterocycles. The predicted molar refractivity (Wildman–Crippen MR) is 205 cm³/mol. The Labute approximate surface area is 318 Å². The van der Waals surface area contributed by atoms with E-state index in [1.807, 2.05) is 24.3 Å². The number of Topliss-reactive ketones (excluding diaryl/α,β-unsaturated/α-hetero) is 2. The Hall–Kier alpha value is -5.52. The summed E-state index contributed by atoms with van der Waals surface area (Å²) in [5.41, 5.74) is 9.11. The average Bonchev–Trinajstić information content (AvgIpc) is 3.15. The monoisotopic (exact) mass is 753 g/mol. The molecule has 4 atom stereocenters. The Morgan fingerprint density at radius 2 is 1.48 bits per heavy atom. The number of hydrogen-bond acceptors (Lipinski definition) is 8. The standard InChI is InChI=1S/C42H44ClN3O8/c1-24-19-38(50)39(29-13-17-36(48)33(22-29)32-20-25(6-16-35(32)47)21-34(42(53)54)45-40(24)51)46(2)41(52)30(5-3-4-18-44)23-37(49)28-9-7-26(8-10-28)27-11-14-31(43)15-12-27/h6-17,20,22,24,30,34,39,47-48H,3-5,18-19,21,23,44H2,1-2H3,(H,45,51)(H,53,54)/t24-,30-,34+,39+/m1/s1. The first-order valence-corrected chi connectivity index (χ1v) is 18.2. The number of hydrogen-bond donors (Lipinski definition) is 5. The maximum absolute atomic E-state index is 14.5. The lowest BCUT2D eigenvalue weighted by Gasteiger charge is -2.32. The highest BCUT2D eigenvalue weighted by molar-refractivity contribution is 6.30. The zero-order valence-electron chi connectivity index (χ0n) is 30.1. The van der Waals surface area contributed by atoms with Crippen molar-refractivity contribution < 1.29 is 39.3 Å². The van der Waals surface area contributed by atoms with Crippen LogP contribution in [0.3, 0.4) is 0 Å². The van der Waals surface area contributed by atoms with Gasteiger partial charge in [0.05, 0.1) is 0 Å². The number of likely N-dealkylation sites (N-methyl/N-ethyl adjacent to an activating group) is 1. The number of aliphatic carboxylic acids is 1. The first kappa shape index (κ1) is 39.7. The number of aromatic hydroxyl groups is 2. The largest absolute Gasteiger partial charge is 0.507 e. The van der Waals surface area contributed by atoms with Gasteiger partial charge in [0, 0.05) is 59.9 Å². The molecule has 54 heavy (non-hydrogen) atoms. The summed E-state index contributed by atoms with van der Waals surface area (Å²) in [5.74, 6) is -5.40. The second kappa shape index (κ2) is 17.5. The first-order valence-electron chi connectivity index (χ1n) is 17.8. The molecule has 6 N–H and O–H groups in total. The van der Waals surface area contributed by atoms with Crippen LogP contribution in [0.15, 0.2) is 84.9 Å². The van der Waals surface area contributed by atoms with Gasteiger partial charge >= 0.3 is 5.97 Å². The quantitative estimate of drug-likeness (QED) is 0.0863. The van der Waals surface area contributed by atoms with Crippen molar-refractivity contribution in [2.75, 3.05) is 13.6 Å². The maximum atomic E-state index is 14.5. The van der Waals surface area contributed by atoms with Gasteiger partial charge in [-0.1, -0.05) is 73.5 Å². The van der Waals surface area contributed by atoms with Crippen molar-refractivity contribution in [3.8, 4) is 33.8 Å². The van der Waals surface area contributed by atoms with Gasteiger partial charge in [-0.3, -0.25) is 19.2 Å². The van der Waals surface area contributed by atoms with Crippen LogP contribution in [-0.4, -0.2) is 69.2 Å². The minimum atomic E-state index is -1.34. The molecule has 282 valence electrons. The lowest BCUT2D eigenvalue weighted by atomic mass is 9.88. The van der Waals surface area contributed by atoms with Crippen LogP contribution >= 0.6 is 11.6 Å². The van der Waals surface area contributed by atoms with E-state index in [1.165, 1.54) is 55.3 Å². The number of halogens is 1. The fourth-order valence-electron chi connectivity index (χ4n) is 6.84. The molecule has 1 heterocycles. The molecule has 0 fully saturated rings. The summed E-state index contributed by atoms with van der Waals surface area (Å²) >= 11 is 6.03. The molecule has 4 aromatic carbocycles. The number of nitrogens with two attached hydrogens (primary N) is 1. The third kappa shape index (κ3) is 9.34. The number of carbonyl (C=O) groups excluding carboxylic acids is 4. The predicted octanol–water partition coefficient (Wildman–Crippen LogP) is 6.32. The number of amides is 2. The minimum Gasteiger partial charge on any atom is -0.507 e. The fourth-order valence-corrected chi connectivity index (χ4v) is 6.97. The number of carboxylic acid groups (broad SMARTS) is 1. The summed E-state index contributed by atoms with van der Waals surface area (Å²) in [6.07, 6.45) is 0.908. The average molecular weight is 754 g/mol. The molecule has 1 aliphatic rings. The number of unbranched alkanes of at least 4 members (excludes halogenated alkanes) is 1. The molecular formula is C42H44ClN3O8. The Balaban J connectivity index is 1.50. The molecule has 0 saturated carbocycles. The molecular weight excluding hydrogens is 710 g/mol. The molecule has 11 nitrogen and oxygen atoms in total. The lowest BCUT2D eigenvalue weighted by molar-refractivity contribution is -0.144. The van der Waals surface area contributed by atoms with Crippen LogP contribution in [0.1, 0.15) is 66.6 Å².